The average molecular weight is 335 g/mol. The Morgan fingerprint density at radius 3 is 2.65 bits per heavy atom. The Balaban J connectivity index is 1.59. The Kier molecular flexibility index (Phi) is 4.57. The Bertz CT molecular complexity index is 733. The van der Waals surface area contributed by atoms with Crippen molar-refractivity contribution in [2.45, 2.75) is 25.8 Å². The summed E-state index contributed by atoms with van der Waals surface area (Å²) in [6.07, 6.45) is 3.45. The lowest BCUT2D eigenvalue weighted by Gasteiger charge is -2.30. The molecule has 1 amide bonds. The number of halogens is 1. The first-order valence-electron chi connectivity index (χ1n) is 7.80. The van der Waals surface area contributed by atoms with Crippen LogP contribution in [-0.2, 0) is 16.1 Å². The number of likely N-dealkylation sites (tertiary alicyclic amines) is 1. The zero-order chi connectivity index (χ0) is 16.4. The zero-order valence-corrected chi connectivity index (χ0v) is 13.5. The normalized spacial score (nSPS) is 16.0. The van der Waals surface area contributed by atoms with Gasteiger partial charge in [-0.1, -0.05) is 17.7 Å². The third-order valence-electron chi connectivity index (χ3n) is 4.52. The number of nitrogens with zero attached hydrogens (tertiary/aromatic N) is 2. The number of carboxylic acids is 1. The van der Waals surface area contributed by atoms with Crippen molar-refractivity contribution in [1.29, 1.82) is 0 Å². The molecule has 1 aromatic carbocycles. The number of rotatable bonds is 4. The van der Waals surface area contributed by atoms with E-state index in [1.807, 2.05) is 35.0 Å². The van der Waals surface area contributed by atoms with E-state index in [1.54, 1.807) is 4.90 Å². The predicted molar refractivity (Wildman–Crippen MR) is 88.5 cm³/mol. The highest BCUT2D eigenvalue weighted by atomic mass is 35.5. The lowest BCUT2D eigenvalue weighted by Crippen LogP contribution is -2.40. The van der Waals surface area contributed by atoms with Crippen LogP contribution in [0.5, 0.6) is 0 Å². The first-order valence-corrected chi connectivity index (χ1v) is 8.18. The molecule has 3 rings (SSSR count). The van der Waals surface area contributed by atoms with Crippen molar-refractivity contribution < 1.29 is 14.7 Å². The number of aryl methyl sites for hydroxylation is 1. The van der Waals surface area contributed by atoms with Gasteiger partial charge >= 0.3 is 5.97 Å². The molecule has 1 N–H and O–H groups in total. The maximum atomic E-state index is 12.3. The highest BCUT2D eigenvalue weighted by Gasteiger charge is 2.26. The van der Waals surface area contributed by atoms with E-state index in [-0.39, 0.29) is 11.8 Å². The fourth-order valence-electron chi connectivity index (χ4n) is 3.13. The van der Waals surface area contributed by atoms with Gasteiger partial charge in [0.2, 0.25) is 5.91 Å². The summed E-state index contributed by atoms with van der Waals surface area (Å²) >= 11 is 6.16. The molecule has 0 aliphatic carbocycles. The van der Waals surface area contributed by atoms with Gasteiger partial charge in [0.25, 0.3) is 0 Å². The van der Waals surface area contributed by atoms with Crippen molar-refractivity contribution in [3.05, 3.63) is 35.5 Å². The molecule has 1 aliphatic rings. The predicted octanol–water partition coefficient (Wildman–Crippen LogP) is 3.01. The summed E-state index contributed by atoms with van der Waals surface area (Å²) in [5.74, 6) is -0.986. The number of aliphatic carboxylic acids is 1. The van der Waals surface area contributed by atoms with Crippen molar-refractivity contribution in [1.82, 2.24) is 9.47 Å². The quantitative estimate of drug-likeness (QED) is 0.934. The molecule has 0 bridgehead atoms. The molecule has 1 saturated heterocycles. The Morgan fingerprint density at radius 1 is 1.22 bits per heavy atom. The van der Waals surface area contributed by atoms with E-state index in [2.05, 4.69) is 0 Å². The molecule has 6 heteroatoms. The monoisotopic (exact) mass is 334 g/mol. The van der Waals surface area contributed by atoms with Crippen LogP contribution in [0.4, 0.5) is 0 Å². The summed E-state index contributed by atoms with van der Waals surface area (Å²) in [6.45, 7) is 1.67. The van der Waals surface area contributed by atoms with Crippen molar-refractivity contribution in [2.24, 2.45) is 5.92 Å². The van der Waals surface area contributed by atoms with Gasteiger partial charge in [-0.3, -0.25) is 9.59 Å². The van der Waals surface area contributed by atoms with Crippen molar-refractivity contribution in [2.75, 3.05) is 13.1 Å². The van der Waals surface area contributed by atoms with Crippen LogP contribution in [0.15, 0.2) is 30.5 Å². The van der Waals surface area contributed by atoms with E-state index in [0.717, 1.165) is 10.9 Å². The summed E-state index contributed by atoms with van der Waals surface area (Å²) in [7, 11) is 0. The van der Waals surface area contributed by atoms with E-state index < -0.39 is 5.97 Å². The van der Waals surface area contributed by atoms with E-state index in [4.69, 9.17) is 16.7 Å². The molecule has 23 heavy (non-hydrogen) atoms. The minimum Gasteiger partial charge on any atom is -0.481 e. The van der Waals surface area contributed by atoms with Crippen LogP contribution < -0.4 is 0 Å². The number of aromatic nitrogens is 1. The second kappa shape index (κ2) is 6.62. The molecule has 1 aromatic heterocycles. The van der Waals surface area contributed by atoms with Gasteiger partial charge in [-0.15, -0.1) is 0 Å². The Labute approximate surface area is 139 Å². The maximum absolute atomic E-state index is 12.3. The smallest absolute Gasteiger partial charge is 0.306 e. The molecule has 2 aromatic rings. The van der Waals surface area contributed by atoms with Crippen LogP contribution in [0.2, 0.25) is 5.02 Å². The number of carbonyl (C=O) groups is 2. The number of amides is 1. The topological polar surface area (TPSA) is 62.5 Å². The van der Waals surface area contributed by atoms with Gasteiger partial charge in [0, 0.05) is 48.2 Å². The molecule has 5 nitrogen and oxygen atoms in total. The number of hydrogen-bond donors (Lipinski definition) is 1. The molecule has 1 fully saturated rings. The third-order valence-corrected chi connectivity index (χ3v) is 4.85. The van der Waals surface area contributed by atoms with E-state index >= 15 is 0 Å². The summed E-state index contributed by atoms with van der Waals surface area (Å²) < 4.78 is 2.03. The largest absolute Gasteiger partial charge is 0.481 e. The van der Waals surface area contributed by atoms with Crippen molar-refractivity contribution in [3.63, 3.8) is 0 Å². The van der Waals surface area contributed by atoms with Gasteiger partial charge in [0.15, 0.2) is 0 Å². The number of fused-ring (bicyclic) bond motifs is 1. The van der Waals surface area contributed by atoms with Crippen LogP contribution in [-0.4, -0.2) is 39.5 Å². The number of hydrogen-bond acceptors (Lipinski definition) is 2. The van der Waals surface area contributed by atoms with Crippen LogP contribution in [0.25, 0.3) is 10.9 Å². The summed E-state index contributed by atoms with van der Waals surface area (Å²) in [5, 5.41) is 10.7. The molecule has 0 saturated carbocycles. The average Bonchev–Trinajstić information content (AvgIpc) is 2.97. The number of carbonyl (C=O) groups excluding carboxylic acids is 1. The fourth-order valence-corrected chi connectivity index (χ4v) is 3.36. The zero-order valence-electron chi connectivity index (χ0n) is 12.7. The molecule has 0 unspecified atom stereocenters. The van der Waals surface area contributed by atoms with Gasteiger partial charge in [-0.25, -0.2) is 0 Å². The lowest BCUT2D eigenvalue weighted by atomic mass is 9.97. The molecular weight excluding hydrogens is 316 g/mol. The summed E-state index contributed by atoms with van der Waals surface area (Å²) in [4.78, 5) is 25.0. The maximum Gasteiger partial charge on any atom is 0.306 e. The van der Waals surface area contributed by atoms with Crippen LogP contribution in [0.3, 0.4) is 0 Å². The Morgan fingerprint density at radius 2 is 1.96 bits per heavy atom. The van der Waals surface area contributed by atoms with Gasteiger partial charge in [-0.05, 0) is 31.0 Å². The molecular formula is C17H19ClN2O3. The second-order valence-electron chi connectivity index (χ2n) is 5.93. The SMILES string of the molecule is O=C(O)C1CCN(C(=O)CCn2ccc3c(Cl)cccc32)CC1. The van der Waals surface area contributed by atoms with Crippen molar-refractivity contribution in [3.8, 4) is 0 Å². The second-order valence-corrected chi connectivity index (χ2v) is 6.33. The van der Waals surface area contributed by atoms with Crippen LogP contribution in [0, 0.1) is 5.92 Å². The molecule has 0 atom stereocenters. The van der Waals surface area contributed by atoms with Crippen LogP contribution in [0.1, 0.15) is 19.3 Å². The standard InChI is InChI=1S/C17H19ClN2O3/c18-14-2-1-3-15-13(14)6-10-19(15)11-7-16(21)20-8-4-12(5-9-20)17(22)23/h1-3,6,10,12H,4-5,7-9,11H2,(H,22,23). The van der Waals surface area contributed by atoms with E-state index in [0.29, 0.717) is 43.9 Å². The summed E-state index contributed by atoms with van der Waals surface area (Å²) in [6, 6.07) is 7.70. The van der Waals surface area contributed by atoms with Crippen molar-refractivity contribution >= 4 is 34.4 Å². The summed E-state index contributed by atoms with van der Waals surface area (Å²) in [5.41, 5.74) is 1.02. The molecule has 1 aliphatic heterocycles. The van der Waals surface area contributed by atoms with Crippen LogP contribution >= 0.6 is 11.6 Å². The molecule has 0 radical (unpaired) electrons. The fraction of sp³-hybridized carbons (Fsp3) is 0.412. The molecule has 0 spiro atoms. The van der Waals surface area contributed by atoms with Gasteiger partial charge in [-0.2, -0.15) is 0 Å². The molecule has 122 valence electrons. The third kappa shape index (κ3) is 3.34. The van der Waals surface area contributed by atoms with Gasteiger partial charge < -0.3 is 14.6 Å². The van der Waals surface area contributed by atoms with Gasteiger partial charge in [0.1, 0.15) is 0 Å². The lowest BCUT2D eigenvalue weighted by molar-refractivity contribution is -0.145. The highest BCUT2D eigenvalue weighted by molar-refractivity contribution is 6.35. The number of carboxylic acid groups (broad SMARTS) is 1. The van der Waals surface area contributed by atoms with Gasteiger partial charge in [0.05, 0.1) is 5.92 Å². The van der Waals surface area contributed by atoms with E-state index in [9.17, 15) is 9.59 Å². The van der Waals surface area contributed by atoms with E-state index in [1.165, 1.54) is 0 Å². The number of benzene rings is 1. The Hall–Kier alpha value is -2.01. The number of piperidine rings is 1. The highest BCUT2D eigenvalue weighted by Crippen LogP contribution is 2.24. The first kappa shape index (κ1) is 15.9. The molecule has 2 heterocycles. The first-order chi connectivity index (χ1) is 11.1. The minimum absolute atomic E-state index is 0.0812. The minimum atomic E-state index is -0.757.